The third-order valence-corrected chi connectivity index (χ3v) is 1.80. The van der Waals surface area contributed by atoms with Gasteiger partial charge in [0, 0.05) is 19.2 Å². The van der Waals surface area contributed by atoms with Crippen molar-refractivity contribution >= 4 is 17.7 Å². The molecule has 0 atom stereocenters. The van der Waals surface area contributed by atoms with E-state index in [2.05, 4.69) is 11.2 Å². The third kappa shape index (κ3) is 5.52. The Balaban J connectivity index is 3.05. The SMILES string of the molecule is C#CCSCCC(=O)NC. The Bertz CT molecular complexity index is 139. The molecule has 10 heavy (non-hydrogen) atoms. The zero-order chi connectivity index (χ0) is 7.82. The summed E-state index contributed by atoms with van der Waals surface area (Å²) in [6.07, 6.45) is 5.56. The Morgan fingerprint density at radius 3 is 3.00 bits per heavy atom. The topological polar surface area (TPSA) is 29.1 Å². The van der Waals surface area contributed by atoms with Crippen LogP contribution in [0.3, 0.4) is 0 Å². The molecule has 56 valence electrons. The molecule has 0 aromatic carbocycles. The highest BCUT2D eigenvalue weighted by Gasteiger charge is 1.95. The van der Waals surface area contributed by atoms with E-state index in [1.165, 1.54) is 0 Å². The molecule has 0 aliphatic carbocycles. The molecule has 0 saturated carbocycles. The van der Waals surface area contributed by atoms with Crippen LogP contribution in [0, 0.1) is 12.3 Å². The van der Waals surface area contributed by atoms with Gasteiger partial charge in [0.1, 0.15) is 0 Å². The second-order valence-electron chi connectivity index (χ2n) is 1.68. The normalized spacial score (nSPS) is 8.40. The molecule has 0 aromatic rings. The van der Waals surface area contributed by atoms with Gasteiger partial charge in [-0.1, -0.05) is 5.92 Å². The summed E-state index contributed by atoms with van der Waals surface area (Å²) in [4.78, 5) is 10.6. The minimum absolute atomic E-state index is 0.0736. The summed E-state index contributed by atoms with van der Waals surface area (Å²) in [5.41, 5.74) is 0. The summed E-state index contributed by atoms with van der Waals surface area (Å²) in [6, 6.07) is 0. The molecule has 0 saturated heterocycles. The molecule has 1 amide bonds. The fourth-order valence-electron chi connectivity index (χ4n) is 0.421. The van der Waals surface area contributed by atoms with Crippen LogP contribution in [0.4, 0.5) is 0 Å². The highest BCUT2D eigenvalue weighted by molar-refractivity contribution is 7.99. The minimum Gasteiger partial charge on any atom is -0.359 e. The number of carbonyl (C=O) groups excluding carboxylic acids is 1. The largest absolute Gasteiger partial charge is 0.359 e. The molecule has 0 aromatic heterocycles. The lowest BCUT2D eigenvalue weighted by molar-refractivity contribution is -0.120. The molecule has 2 nitrogen and oxygen atoms in total. The van der Waals surface area contributed by atoms with Gasteiger partial charge in [0.15, 0.2) is 0 Å². The second-order valence-corrected chi connectivity index (χ2v) is 2.79. The lowest BCUT2D eigenvalue weighted by Crippen LogP contribution is -2.17. The Kier molecular flexibility index (Phi) is 6.10. The van der Waals surface area contributed by atoms with Crippen molar-refractivity contribution in [3.05, 3.63) is 0 Å². The Labute approximate surface area is 65.8 Å². The van der Waals surface area contributed by atoms with Crippen molar-refractivity contribution in [1.82, 2.24) is 5.32 Å². The van der Waals surface area contributed by atoms with Crippen molar-refractivity contribution in [2.45, 2.75) is 6.42 Å². The molecule has 0 fully saturated rings. The summed E-state index contributed by atoms with van der Waals surface area (Å²) in [5.74, 6) is 4.07. The number of hydrogen-bond donors (Lipinski definition) is 1. The van der Waals surface area contributed by atoms with Crippen LogP contribution >= 0.6 is 11.8 Å². The highest BCUT2D eigenvalue weighted by atomic mass is 32.2. The summed E-state index contributed by atoms with van der Waals surface area (Å²) in [5, 5.41) is 2.54. The number of amides is 1. The van der Waals surface area contributed by atoms with E-state index >= 15 is 0 Å². The van der Waals surface area contributed by atoms with Crippen molar-refractivity contribution in [3.8, 4) is 12.3 Å². The number of nitrogens with one attached hydrogen (secondary N) is 1. The van der Waals surface area contributed by atoms with Gasteiger partial charge in [-0.3, -0.25) is 4.79 Å². The first-order valence-electron chi connectivity index (χ1n) is 3.03. The van der Waals surface area contributed by atoms with E-state index in [0.717, 1.165) is 5.75 Å². The van der Waals surface area contributed by atoms with Gasteiger partial charge in [0.25, 0.3) is 0 Å². The van der Waals surface area contributed by atoms with Crippen molar-refractivity contribution in [2.24, 2.45) is 0 Å². The second kappa shape index (κ2) is 6.50. The van der Waals surface area contributed by atoms with E-state index in [-0.39, 0.29) is 5.91 Å². The van der Waals surface area contributed by atoms with Crippen LogP contribution < -0.4 is 5.32 Å². The Hall–Kier alpha value is -0.620. The monoisotopic (exact) mass is 157 g/mol. The van der Waals surface area contributed by atoms with Gasteiger partial charge >= 0.3 is 0 Å². The Morgan fingerprint density at radius 1 is 1.80 bits per heavy atom. The zero-order valence-corrected chi connectivity index (χ0v) is 6.83. The molecular weight excluding hydrogens is 146 g/mol. The minimum atomic E-state index is 0.0736. The lowest BCUT2D eigenvalue weighted by atomic mass is 10.5. The number of rotatable bonds is 4. The average Bonchev–Trinajstić information content (AvgIpc) is 1.98. The van der Waals surface area contributed by atoms with Crippen molar-refractivity contribution in [3.63, 3.8) is 0 Å². The van der Waals surface area contributed by atoms with Gasteiger partial charge in [-0.05, 0) is 0 Å². The molecule has 0 aliphatic rings. The average molecular weight is 157 g/mol. The fraction of sp³-hybridized carbons (Fsp3) is 0.571. The lowest BCUT2D eigenvalue weighted by Gasteiger charge is -1.96. The van der Waals surface area contributed by atoms with E-state index < -0.39 is 0 Å². The number of terminal acetylenes is 1. The van der Waals surface area contributed by atoms with E-state index in [0.29, 0.717) is 12.2 Å². The predicted octanol–water partition coefficient (Wildman–Crippen LogP) is 0.489. The summed E-state index contributed by atoms with van der Waals surface area (Å²) in [7, 11) is 1.63. The molecule has 0 radical (unpaired) electrons. The summed E-state index contributed by atoms with van der Waals surface area (Å²) in [6.45, 7) is 0. The number of carbonyl (C=O) groups is 1. The molecule has 0 aliphatic heterocycles. The van der Waals surface area contributed by atoms with Crippen LogP contribution in [0.5, 0.6) is 0 Å². The molecule has 0 spiro atoms. The predicted molar refractivity (Wildman–Crippen MR) is 44.8 cm³/mol. The first-order valence-corrected chi connectivity index (χ1v) is 4.18. The van der Waals surface area contributed by atoms with Gasteiger partial charge in [-0.15, -0.1) is 18.2 Å². The van der Waals surface area contributed by atoms with Gasteiger partial charge in [-0.25, -0.2) is 0 Å². The van der Waals surface area contributed by atoms with Crippen LogP contribution in [-0.4, -0.2) is 24.5 Å². The number of thioether (sulfide) groups is 1. The van der Waals surface area contributed by atoms with Crippen LogP contribution in [0.25, 0.3) is 0 Å². The van der Waals surface area contributed by atoms with E-state index in [1.807, 2.05) is 0 Å². The van der Waals surface area contributed by atoms with E-state index in [9.17, 15) is 4.79 Å². The quantitative estimate of drug-likeness (QED) is 0.475. The van der Waals surface area contributed by atoms with Crippen LogP contribution in [-0.2, 0) is 4.79 Å². The van der Waals surface area contributed by atoms with Gasteiger partial charge in [-0.2, -0.15) is 0 Å². The first kappa shape index (κ1) is 9.38. The summed E-state index contributed by atoms with van der Waals surface area (Å²) < 4.78 is 0. The molecule has 0 unspecified atom stereocenters. The van der Waals surface area contributed by atoms with E-state index in [1.54, 1.807) is 18.8 Å². The van der Waals surface area contributed by atoms with Crippen LogP contribution in [0.15, 0.2) is 0 Å². The smallest absolute Gasteiger partial charge is 0.220 e. The van der Waals surface area contributed by atoms with Crippen molar-refractivity contribution < 1.29 is 4.79 Å². The first-order chi connectivity index (χ1) is 4.81. The van der Waals surface area contributed by atoms with E-state index in [4.69, 9.17) is 6.42 Å². The molecule has 0 bridgehead atoms. The van der Waals surface area contributed by atoms with Crippen molar-refractivity contribution in [1.29, 1.82) is 0 Å². The molecule has 1 N–H and O–H groups in total. The van der Waals surface area contributed by atoms with Gasteiger partial charge < -0.3 is 5.32 Å². The van der Waals surface area contributed by atoms with Crippen LogP contribution in [0.2, 0.25) is 0 Å². The van der Waals surface area contributed by atoms with Crippen molar-refractivity contribution in [2.75, 3.05) is 18.6 Å². The maximum atomic E-state index is 10.6. The Morgan fingerprint density at radius 2 is 2.50 bits per heavy atom. The standard InChI is InChI=1S/C7H11NOS/c1-3-5-10-6-4-7(9)8-2/h1H,4-6H2,2H3,(H,8,9). The molecule has 0 rings (SSSR count). The molecule has 3 heteroatoms. The molecular formula is C7H11NOS. The maximum absolute atomic E-state index is 10.6. The fourth-order valence-corrected chi connectivity index (χ4v) is 1.01. The highest BCUT2D eigenvalue weighted by Crippen LogP contribution is 1.99. The third-order valence-electron chi connectivity index (χ3n) is 0.938. The molecule has 0 heterocycles. The maximum Gasteiger partial charge on any atom is 0.220 e. The van der Waals surface area contributed by atoms with Gasteiger partial charge in [0.05, 0.1) is 5.75 Å². The van der Waals surface area contributed by atoms with Crippen LogP contribution in [0.1, 0.15) is 6.42 Å². The summed E-state index contributed by atoms with van der Waals surface area (Å²) >= 11 is 1.60. The zero-order valence-electron chi connectivity index (χ0n) is 6.02. The van der Waals surface area contributed by atoms with Gasteiger partial charge in [0.2, 0.25) is 5.91 Å². The number of hydrogen-bond acceptors (Lipinski definition) is 2.